The molecule has 0 bridgehead atoms. The molecule has 0 amide bonds. The van der Waals surface area contributed by atoms with Crippen molar-refractivity contribution in [3.63, 3.8) is 0 Å². The van der Waals surface area contributed by atoms with Crippen molar-refractivity contribution in [2.45, 2.75) is 44.4 Å². The Labute approximate surface area is 105 Å². The molecule has 4 heteroatoms. The lowest BCUT2D eigenvalue weighted by atomic mass is 9.62. The highest BCUT2D eigenvalue weighted by atomic mass is 19.3. The number of hydrogen-bond donors (Lipinski definition) is 1. The first-order valence-corrected chi connectivity index (χ1v) is 6.00. The molecule has 1 aromatic carbocycles. The van der Waals surface area contributed by atoms with Crippen LogP contribution in [0.1, 0.15) is 42.9 Å². The Morgan fingerprint density at radius 2 is 2.00 bits per heavy atom. The van der Waals surface area contributed by atoms with Gasteiger partial charge >= 0.3 is 5.97 Å². The highest BCUT2D eigenvalue weighted by Gasteiger charge is 2.49. The average Bonchev–Trinajstić information content (AvgIpc) is 2.12. The van der Waals surface area contributed by atoms with Gasteiger partial charge in [0.15, 0.2) is 0 Å². The third-order valence-corrected chi connectivity index (χ3v) is 3.78. The maximum Gasteiger partial charge on any atom is 0.314 e. The van der Waals surface area contributed by atoms with Crippen LogP contribution in [0.3, 0.4) is 0 Å². The molecule has 0 spiro atoms. The van der Waals surface area contributed by atoms with E-state index in [2.05, 4.69) is 0 Å². The fourth-order valence-electron chi connectivity index (χ4n) is 2.57. The molecule has 0 aromatic heterocycles. The molecule has 0 aliphatic heterocycles. The van der Waals surface area contributed by atoms with Crippen molar-refractivity contribution in [3.05, 3.63) is 34.9 Å². The standard InChI is InChI=1S/C14H16F2O2/c1-9-4-5-10(13(2,15)16)11(8-9)14(12(17)18)6-3-7-14/h4-5,8H,3,6-7H2,1-2H3,(H,17,18). The Hall–Kier alpha value is -1.45. The van der Waals surface area contributed by atoms with Gasteiger partial charge in [-0.1, -0.05) is 30.2 Å². The van der Waals surface area contributed by atoms with Gasteiger partial charge in [0.25, 0.3) is 5.92 Å². The Morgan fingerprint density at radius 1 is 1.39 bits per heavy atom. The average molecular weight is 254 g/mol. The second kappa shape index (κ2) is 4.04. The number of carboxylic acid groups (broad SMARTS) is 1. The molecule has 0 radical (unpaired) electrons. The number of alkyl halides is 2. The number of aryl methyl sites for hydroxylation is 1. The molecule has 1 saturated carbocycles. The molecule has 18 heavy (non-hydrogen) atoms. The van der Waals surface area contributed by atoms with Gasteiger partial charge in [-0.25, -0.2) is 8.78 Å². The molecule has 1 aromatic rings. The predicted molar refractivity (Wildman–Crippen MR) is 63.9 cm³/mol. The van der Waals surface area contributed by atoms with Gasteiger partial charge < -0.3 is 5.11 Å². The van der Waals surface area contributed by atoms with Crippen LogP contribution in [0.2, 0.25) is 0 Å². The second-order valence-corrected chi connectivity index (χ2v) is 5.18. The summed E-state index contributed by atoms with van der Waals surface area (Å²) in [4.78, 5) is 11.4. The van der Waals surface area contributed by atoms with Crippen LogP contribution < -0.4 is 0 Å². The van der Waals surface area contributed by atoms with Crippen LogP contribution in [0.4, 0.5) is 8.78 Å². The number of aliphatic carboxylic acids is 1. The molecular weight excluding hydrogens is 238 g/mol. The summed E-state index contributed by atoms with van der Waals surface area (Å²) in [6.45, 7) is 2.60. The molecule has 98 valence electrons. The summed E-state index contributed by atoms with van der Waals surface area (Å²) in [6.07, 6.45) is 1.65. The smallest absolute Gasteiger partial charge is 0.314 e. The van der Waals surface area contributed by atoms with Gasteiger partial charge in [0.05, 0.1) is 5.41 Å². The van der Waals surface area contributed by atoms with Gasteiger partial charge in [-0.15, -0.1) is 0 Å². The second-order valence-electron chi connectivity index (χ2n) is 5.18. The van der Waals surface area contributed by atoms with Crippen LogP contribution in [0.25, 0.3) is 0 Å². The fourth-order valence-corrected chi connectivity index (χ4v) is 2.57. The van der Waals surface area contributed by atoms with Crippen LogP contribution in [-0.4, -0.2) is 11.1 Å². The highest BCUT2D eigenvalue weighted by molar-refractivity contribution is 5.83. The van der Waals surface area contributed by atoms with Crippen molar-refractivity contribution in [1.29, 1.82) is 0 Å². The minimum Gasteiger partial charge on any atom is -0.481 e. The third-order valence-electron chi connectivity index (χ3n) is 3.78. The largest absolute Gasteiger partial charge is 0.481 e. The zero-order valence-corrected chi connectivity index (χ0v) is 10.5. The summed E-state index contributed by atoms with van der Waals surface area (Å²) in [6, 6.07) is 4.55. The van der Waals surface area contributed by atoms with Crippen molar-refractivity contribution in [1.82, 2.24) is 0 Å². The van der Waals surface area contributed by atoms with Gasteiger partial charge in [0, 0.05) is 12.5 Å². The minimum absolute atomic E-state index is 0.157. The summed E-state index contributed by atoms with van der Waals surface area (Å²) in [5.41, 5.74) is -0.171. The van der Waals surface area contributed by atoms with Crippen LogP contribution >= 0.6 is 0 Å². The minimum atomic E-state index is -3.01. The number of halogens is 2. The van der Waals surface area contributed by atoms with Crippen LogP contribution in [0.5, 0.6) is 0 Å². The van der Waals surface area contributed by atoms with Crippen molar-refractivity contribution in [2.24, 2.45) is 0 Å². The maximum atomic E-state index is 13.6. The quantitative estimate of drug-likeness (QED) is 0.894. The van der Waals surface area contributed by atoms with E-state index >= 15 is 0 Å². The zero-order valence-electron chi connectivity index (χ0n) is 10.5. The molecule has 2 rings (SSSR count). The fraction of sp³-hybridized carbons (Fsp3) is 0.500. The van der Waals surface area contributed by atoms with E-state index in [0.717, 1.165) is 18.9 Å². The Bertz CT molecular complexity index is 485. The molecule has 1 fully saturated rings. The highest BCUT2D eigenvalue weighted by Crippen LogP contribution is 2.48. The summed E-state index contributed by atoms with van der Waals surface area (Å²) in [5.74, 6) is -4.01. The van der Waals surface area contributed by atoms with E-state index in [0.29, 0.717) is 12.8 Å². The number of benzene rings is 1. The van der Waals surface area contributed by atoms with Crippen molar-refractivity contribution >= 4 is 5.97 Å². The van der Waals surface area contributed by atoms with Gasteiger partial charge in [-0.2, -0.15) is 0 Å². The summed E-state index contributed by atoms with van der Waals surface area (Å²) in [7, 11) is 0. The normalized spacial score (nSPS) is 18.2. The summed E-state index contributed by atoms with van der Waals surface area (Å²) < 4.78 is 27.2. The lowest BCUT2D eigenvalue weighted by Gasteiger charge is -2.40. The number of rotatable bonds is 3. The van der Waals surface area contributed by atoms with Gasteiger partial charge in [0.2, 0.25) is 0 Å². The molecule has 0 unspecified atom stereocenters. The summed E-state index contributed by atoms with van der Waals surface area (Å²) >= 11 is 0. The van der Waals surface area contributed by atoms with E-state index in [-0.39, 0.29) is 11.1 Å². The topological polar surface area (TPSA) is 37.3 Å². The lowest BCUT2D eigenvalue weighted by Crippen LogP contribution is -2.43. The van der Waals surface area contributed by atoms with E-state index in [1.165, 1.54) is 6.07 Å². The van der Waals surface area contributed by atoms with E-state index < -0.39 is 17.3 Å². The molecule has 1 aliphatic carbocycles. The van der Waals surface area contributed by atoms with E-state index in [1.807, 2.05) is 0 Å². The maximum absolute atomic E-state index is 13.6. The molecule has 0 saturated heterocycles. The number of hydrogen-bond acceptors (Lipinski definition) is 1. The zero-order chi connectivity index (χ0) is 13.6. The van der Waals surface area contributed by atoms with Gasteiger partial charge in [0.1, 0.15) is 0 Å². The lowest BCUT2D eigenvalue weighted by molar-refractivity contribution is -0.147. The number of carbonyl (C=O) groups is 1. The van der Waals surface area contributed by atoms with E-state index in [4.69, 9.17) is 0 Å². The van der Waals surface area contributed by atoms with Crippen molar-refractivity contribution < 1.29 is 18.7 Å². The van der Waals surface area contributed by atoms with Crippen molar-refractivity contribution in [3.8, 4) is 0 Å². The molecule has 1 aliphatic rings. The SMILES string of the molecule is Cc1ccc(C(C)(F)F)c(C2(C(=O)O)CCC2)c1. The first kappa shape index (κ1) is 13.0. The monoisotopic (exact) mass is 254 g/mol. The molecule has 0 atom stereocenters. The number of carboxylic acids is 1. The van der Waals surface area contributed by atoms with Crippen LogP contribution in [-0.2, 0) is 16.1 Å². The predicted octanol–water partition coefficient (Wildman–Crippen LogP) is 3.61. The van der Waals surface area contributed by atoms with Crippen molar-refractivity contribution in [2.75, 3.05) is 0 Å². The summed E-state index contributed by atoms with van der Waals surface area (Å²) in [5, 5.41) is 9.37. The third kappa shape index (κ3) is 1.89. The molecule has 2 nitrogen and oxygen atoms in total. The Balaban J connectivity index is 2.62. The molecular formula is C14H16F2O2. The molecule has 0 heterocycles. The van der Waals surface area contributed by atoms with Crippen LogP contribution in [0.15, 0.2) is 18.2 Å². The molecule has 1 N–H and O–H groups in total. The first-order valence-electron chi connectivity index (χ1n) is 6.00. The first-order chi connectivity index (χ1) is 8.27. The Kier molecular flexibility index (Phi) is 2.92. The van der Waals surface area contributed by atoms with E-state index in [1.54, 1.807) is 19.1 Å². The van der Waals surface area contributed by atoms with Crippen LogP contribution in [0, 0.1) is 6.92 Å². The van der Waals surface area contributed by atoms with Gasteiger partial charge in [-0.05, 0) is 25.3 Å². The Morgan fingerprint density at radius 3 is 2.39 bits per heavy atom. The van der Waals surface area contributed by atoms with E-state index in [9.17, 15) is 18.7 Å². The van der Waals surface area contributed by atoms with Gasteiger partial charge in [-0.3, -0.25) is 4.79 Å².